The molecular formula is C5H18MgO10. The zero-order chi connectivity index (χ0) is 7.28. The third-order valence-corrected chi connectivity index (χ3v) is 0.762. The van der Waals surface area contributed by atoms with Crippen LogP contribution in [0.4, 0.5) is 0 Å². The molecule has 0 bridgehead atoms. The molecule has 11 heteroatoms. The Morgan fingerprint density at radius 1 is 0.688 bits per heavy atom. The van der Waals surface area contributed by atoms with E-state index in [9.17, 15) is 19.8 Å². The van der Waals surface area contributed by atoms with E-state index in [1.165, 1.54) is 0 Å². The molecule has 0 saturated carbocycles. The summed E-state index contributed by atoms with van der Waals surface area (Å²) in [6.45, 7) is 0. The predicted octanol–water partition coefficient (Wildman–Crippen LogP) is -7.67. The number of carboxylic acid groups (broad SMARTS) is 2. The third-order valence-electron chi connectivity index (χ3n) is 0.762. The van der Waals surface area contributed by atoms with E-state index in [0.717, 1.165) is 0 Å². The summed E-state index contributed by atoms with van der Waals surface area (Å²) in [5.41, 5.74) is 0. The maximum atomic E-state index is 9.66. The first-order valence-corrected chi connectivity index (χ1v) is 2.52. The van der Waals surface area contributed by atoms with Gasteiger partial charge in [-0.2, -0.15) is 0 Å². The largest absolute Gasteiger partial charge is 2.00 e. The monoisotopic (exact) mass is 262 g/mol. The Labute approximate surface area is 107 Å². The van der Waals surface area contributed by atoms with Crippen molar-refractivity contribution in [3.05, 3.63) is 0 Å². The minimum Gasteiger partial charge on any atom is -0.550 e. The summed E-state index contributed by atoms with van der Waals surface area (Å²) in [4.78, 5) is 19.3. The van der Waals surface area contributed by atoms with E-state index in [-0.39, 0.29) is 75.2 Å². The molecule has 0 atom stereocenters. The van der Waals surface area contributed by atoms with Crippen LogP contribution in [0.25, 0.3) is 0 Å². The maximum absolute atomic E-state index is 9.66. The number of carbonyl (C=O) groups is 2. The van der Waals surface area contributed by atoms with Crippen molar-refractivity contribution in [3.8, 4) is 0 Å². The van der Waals surface area contributed by atoms with Gasteiger partial charge in [0, 0.05) is 11.9 Å². The number of carbonyl (C=O) groups excluding carboxylic acids is 2. The summed E-state index contributed by atoms with van der Waals surface area (Å²) >= 11 is 0. The first-order valence-electron chi connectivity index (χ1n) is 2.52. The molecule has 0 aliphatic carbocycles. The second-order valence-electron chi connectivity index (χ2n) is 1.60. The van der Waals surface area contributed by atoms with Crippen LogP contribution in [0.1, 0.15) is 19.3 Å². The Hall–Kier alpha value is -0.534. The van der Waals surface area contributed by atoms with Crippen molar-refractivity contribution < 1.29 is 52.7 Å². The predicted molar refractivity (Wildman–Crippen MR) is 51.3 cm³/mol. The fourth-order valence-corrected chi connectivity index (χ4v) is 0.377. The normalized spacial score (nSPS) is 5.00. The molecule has 0 aliphatic heterocycles. The van der Waals surface area contributed by atoms with Crippen LogP contribution >= 0.6 is 0 Å². The molecule has 0 amide bonds. The van der Waals surface area contributed by atoms with Gasteiger partial charge < -0.3 is 52.7 Å². The van der Waals surface area contributed by atoms with Crippen LogP contribution in [-0.4, -0.2) is 67.8 Å². The molecule has 0 aromatic rings. The van der Waals surface area contributed by atoms with Gasteiger partial charge in [-0.1, -0.05) is 0 Å². The Morgan fingerprint density at radius 3 is 1.00 bits per heavy atom. The van der Waals surface area contributed by atoms with Gasteiger partial charge in [0.15, 0.2) is 0 Å². The van der Waals surface area contributed by atoms with E-state index < -0.39 is 11.9 Å². The van der Waals surface area contributed by atoms with Gasteiger partial charge >= 0.3 is 23.1 Å². The zero-order valence-corrected chi connectivity index (χ0v) is 9.88. The SMILES string of the molecule is O.O.O.O.O.O.O=C([O-])CCCC(=O)[O-].[Mg+2]. The van der Waals surface area contributed by atoms with Gasteiger partial charge in [0.25, 0.3) is 0 Å². The van der Waals surface area contributed by atoms with Crippen LogP contribution in [0.15, 0.2) is 0 Å². The molecule has 0 unspecified atom stereocenters. The van der Waals surface area contributed by atoms with E-state index in [4.69, 9.17) is 0 Å². The van der Waals surface area contributed by atoms with Gasteiger partial charge in [-0.15, -0.1) is 0 Å². The van der Waals surface area contributed by atoms with Crippen LogP contribution in [-0.2, 0) is 9.59 Å². The summed E-state index contributed by atoms with van der Waals surface area (Å²) < 4.78 is 0. The summed E-state index contributed by atoms with van der Waals surface area (Å²) in [6.07, 6.45) is -0.341. The van der Waals surface area contributed by atoms with Crippen molar-refractivity contribution in [2.24, 2.45) is 0 Å². The first-order chi connectivity index (χ1) is 4.13. The topological polar surface area (TPSA) is 269 Å². The molecule has 100 valence electrons. The first kappa shape index (κ1) is 58.1. The fourth-order valence-electron chi connectivity index (χ4n) is 0.377. The zero-order valence-electron chi connectivity index (χ0n) is 8.46. The molecule has 0 heterocycles. The molecular weight excluding hydrogens is 244 g/mol. The van der Waals surface area contributed by atoms with Crippen molar-refractivity contribution in [1.82, 2.24) is 0 Å². The number of aliphatic carboxylic acids is 2. The minimum atomic E-state index is -1.23. The van der Waals surface area contributed by atoms with Crippen LogP contribution in [0.2, 0.25) is 0 Å². The summed E-state index contributed by atoms with van der Waals surface area (Å²) in [7, 11) is 0. The standard InChI is InChI=1S/C5H8O4.Mg.6H2O/c6-4(7)2-1-3-5(8)9;;;;;;;/h1-3H2,(H,6,7)(H,8,9);;6*1H2/q;+2;;;;;;/p-2. The minimum absolute atomic E-state index is 0. The number of carboxylic acids is 2. The van der Waals surface area contributed by atoms with Gasteiger partial charge in [-0.25, -0.2) is 0 Å². The molecule has 10 nitrogen and oxygen atoms in total. The van der Waals surface area contributed by atoms with Crippen LogP contribution in [0.5, 0.6) is 0 Å². The Kier molecular flexibility index (Phi) is 133. The molecule has 16 heavy (non-hydrogen) atoms. The Morgan fingerprint density at radius 2 is 0.875 bits per heavy atom. The molecule has 0 aromatic carbocycles. The second-order valence-corrected chi connectivity index (χ2v) is 1.60. The average Bonchev–Trinajstić information content (AvgIpc) is 1.63. The van der Waals surface area contributed by atoms with E-state index in [0.29, 0.717) is 0 Å². The number of rotatable bonds is 4. The third kappa shape index (κ3) is 70.0. The average molecular weight is 262 g/mol. The van der Waals surface area contributed by atoms with E-state index >= 15 is 0 Å². The molecule has 0 saturated heterocycles. The van der Waals surface area contributed by atoms with Crippen LogP contribution < -0.4 is 10.2 Å². The van der Waals surface area contributed by atoms with Gasteiger partial charge in [0.1, 0.15) is 0 Å². The molecule has 0 rings (SSSR count). The van der Waals surface area contributed by atoms with Crippen molar-refractivity contribution in [2.75, 3.05) is 0 Å². The quantitative estimate of drug-likeness (QED) is 0.446. The maximum Gasteiger partial charge on any atom is 2.00 e. The summed E-state index contributed by atoms with van der Waals surface area (Å²) in [6, 6.07) is 0. The molecule has 12 N–H and O–H groups in total. The number of hydrogen-bond donors (Lipinski definition) is 0. The molecule has 0 spiro atoms. The molecule has 0 fully saturated rings. The van der Waals surface area contributed by atoms with Crippen molar-refractivity contribution in [2.45, 2.75) is 19.3 Å². The van der Waals surface area contributed by atoms with E-state index in [1.54, 1.807) is 0 Å². The number of hydrogen-bond acceptors (Lipinski definition) is 4. The molecule has 0 aromatic heterocycles. The summed E-state index contributed by atoms with van der Waals surface area (Å²) in [5.74, 6) is -2.45. The van der Waals surface area contributed by atoms with E-state index in [2.05, 4.69) is 0 Å². The van der Waals surface area contributed by atoms with Crippen LogP contribution in [0.3, 0.4) is 0 Å². The molecule has 0 radical (unpaired) electrons. The Balaban J connectivity index is -0.0000000152. The van der Waals surface area contributed by atoms with Crippen molar-refractivity contribution >= 4 is 35.0 Å². The van der Waals surface area contributed by atoms with Gasteiger partial charge in [-0.3, -0.25) is 0 Å². The van der Waals surface area contributed by atoms with Gasteiger partial charge in [0.05, 0.1) is 0 Å². The second kappa shape index (κ2) is 36.6. The van der Waals surface area contributed by atoms with Crippen molar-refractivity contribution in [3.63, 3.8) is 0 Å². The van der Waals surface area contributed by atoms with Gasteiger partial charge in [0.2, 0.25) is 0 Å². The fraction of sp³-hybridized carbons (Fsp3) is 0.600. The Bertz CT molecular complexity index is 114. The smallest absolute Gasteiger partial charge is 0.550 e. The van der Waals surface area contributed by atoms with Crippen molar-refractivity contribution in [1.29, 1.82) is 0 Å². The van der Waals surface area contributed by atoms with Crippen LogP contribution in [0, 0.1) is 0 Å². The van der Waals surface area contributed by atoms with Gasteiger partial charge in [-0.05, 0) is 19.3 Å². The summed E-state index contributed by atoms with van der Waals surface area (Å²) in [5, 5.41) is 19.3. The van der Waals surface area contributed by atoms with E-state index in [1.807, 2.05) is 0 Å². The molecule has 0 aliphatic rings.